The van der Waals surface area contributed by atoms with Gasteiger partial charge in [-0.25, -0.2) is 4.39 Å². The van der Waals surface area contributed by atoms with E-state index in [1.165, 1.54) is 12.1 Å². The lowest BCUT2D eigenvalue weighted by atomic mass is 10.0. The van der Waals surface area contributed by atoms with Crippen molar-refractivity contribution in [3.8, 4) is 0 Å². The molecule has 19 heavy (non-hydrogen) atoms. The van der Waals surface area contributed by atoms with Gasteiger partial charge in [0.1, 0.15) is 18.4 Å². The zero-order valence-corrected chi connectivity index (χ0v) is 11.0. The largest absolute Gasteiger partial charge is 0.343 e. The van der Waals surface area contributed by atoms with Crippen molar-refractivity contribution < 1.29 is 14.0 Å². The van der Waals surface area contributed by atoms with Crippen molar-refractivity contribution in [2.24, 2.45) is 0 Å². The van der Waals surface area contributed by atoms with E-state index in [0.29, 0.717) is 6.42 Å². The van der Waals surface area contributed by atoms with E-state index in [0.717, 1.165) is 5.56 Å². The van der Waals surface area contributed by atoms with Crippen molar-refractivity contribution in [2.45, 2.75) is 32.4 Å². The number of hydrogen-bond acceptors (Lipinski definition) is 2. The first-order chi connectivity index (χ1) is 9.02. The standard InChI is InChI=1S/C14H17FN2O2/c1-3-12-14(19)17(8-13(18)16-12)9(2)10-4-6-11(15)7-5-10/h4-7,9,12H,3,8H2,1-2H3,(H,16,18). The third kappa shape index (κ3) is 2.75. The fourth-order valence-electron chi connectivity index (χ4n) is 2.26. The van der Waals surface area contributed by atoms with Gasteiger partial charge in [-0.3, -0.25) is 9.59 Å². The molecule has 2 atom stereocenters. The Bertz CT molecular complexity index is 487. The predicted octanol–water partition coefficient (Wildman–Crippen LogP) is 1.62. The number of halogens is 1. The fourth-order valence-corrected chi connectivity index (χ4v) is 2.26. The van der Waals surface area contributed by atoms with Crippen LogP contribution in [0, 0.1) is 5.82 Å². The molecule has 2 amide bonds. The summed E-state index contributed by atoms with van der Waals surface area (Å²) in [6.07, 6.45) is 0.567. The molecule has 102 valence electrons. The first-order valence-corrected chi connectivity index (χ1v) is 6.38. The molecule has 0 spiro atoms. The molecule has 0 saturated carbocycles. The Balaban J connectivity index is 2.21. The van der Waals surface area contributed by atoms with Gasteiger partial charge in [-0.2, -0.15) is 0 Å². The predicted molar refractivity (Wildman–Crippen MR) is 68.7 cm³/mol. The van der Waals surface area contributed by atoms with E-state index in [2.05, 4.69) is 5.32 Å². The minimum atomic E-state index is -0.454. The number of hydrogen-bond donors (Lipinski definition) is 1. The number of rotatable bonds is 3. The van der Waals surface area contributed by atoms with E-state index >= 15 is 0 Å². The molecule has 0 radical (unpaired) electrons. The highest BCUT2D eigenvalue weighted by atomic mass is 19.1. The molecule has 1 aliphatic rings. The van der Waals surface area contributed by atoms with Gasteiger partial charge >= 0.3 is 0 Å². The third-order valence-corrected chi connectivity index (χ3v) is 3.46. The van der Waals surface area contributed by atoms with E-state index in [4.69, 9.17) is 0 Å². The van der Waals surface area contributed by atoms with Crippen molar-refractivity contribution in [1.82, 2.24) is 10.2 Å². The van der Waals surface area contributed by atoms with E-state index in [-0.39, 0.29) is 30.2 Å². The molecule has 1 aromatic rings. The average Bonchev–Trinajstić information content (AvgIpc) is 2.41. The second kappa shape index (κ2) is 5.38. The zero-order valence-electron chi connectivity index (χ0n) is 11.0. The second-order valence-electron chi connectivity index (χ2n) is 4.72. The highest BCUT2D eigenvalue weighted by Crippen LogP contribution is 2.23. The number of carbonyl (C=O) groups is 2. The lowest BCUT2D eigenvalue weighted by Gasteiger charge is -2.36. The van der Waals surface area contributed by atoms with Crippen LogP contribution in [-0.4, -0.2) is 29.3 Å². The van der Waals surface area contributed by atoms with Gasteiger partial charge in [0.25, 0.3) is 0 Å². The molecule has 2 rings (SSSR count). The van der Waals surface area contributed by atoms with Gasteiger partial charge in [0.2, 0.25) is 11.8 Å². The Hall–Kier alpha value is -1.91. The normalized spacial score (nSPS) is 21.2. The lowest BCUT2D eigenvalue weighted by Crippen LogP contribution is -2.58. The minimum absolute atomic E-state index is 0.0495. The molecule has 0 aliphatic carbocycles. The minimum Gasteiger partial charge on any atom is -0.343 e. The van der Waals surface area contributed by atoms with Crippen LogP contribution in [0.5, 0.6) is 0 Å². The molecule has 1 N–H and O–H groups in total. The summed E-state index contributed by atoms with van der Waals surface area (Å²) in [5.74, 6) is -0.551. The molecule has 5 heteroatoms. The molecular formula is C14H17FN2O2. The monoisotopic (exact) mass is 264 g/mol. The molecule has 1 fully saturated rings. The van der Waals surface area contributed by atoms with Gasteiger partial charge in [0.15, 0.2) is 0 Å². The average molecular weight is 264 g/mol. The smallest absolute Gasteiger partial charge is 0.246 e. The molecule has 1 saturated heterocycles. The van der Waals surface area contributed by atoms with E-state index < -0.39 is 6.04 Å². The van der Waals surface area contributed by atoms with Gasteiger partial charge in [-0.15, -0.1) is 0 Å². The summed E-state index contributed by atoms with van der Waals surface area (Å²) in [5, 5.41) is 2.67. The van der Waals surface area contributed by atoms with Crippen LogP contribution in [0.25, 0.3) is 0 Å². The van der Waals surface area contributed by atoms with Crippen molar-refractivity contribution in [1.29, 1.82) is 0 Å². The summed E-state index contributed by atoms with van der Waals surface area (Å²) >= 11 is 0. The molecule has 0 aromatic heterocycles. The Kier molecular flexibility index (Phi) is 3.83. The number of piperazine rings is 1. The van der Waals surface area contributed by atoms with Crippen LogP contribution < -0.4 is 5.32 Å². The maximum Gasteiger partial charge on any atom is 0.246 e. The molecule has 4 nitrogen and oxygen atoms in total. The van der Waals surface area contributed by atoms with Crippen LogP contribution in [-0.2, 0) is 9.59 Å². The summed E-state index contributed by atoms with van der Waals surface area (Å²) in [5.41, 5.74) is 0.819. The maximum absolute atomic E-state index is 12.9. The maximum atomic E-state index is 12.9. The van der Waals surface area contributed by atoms with Crippen LogP contribution in [0.1, 0.15) is 31.9 Å². The Morgan fingerprint density at radius 3 is 2.58 bits per heavy atom. The SMILES string of the molecule is CCC1NC(=O)CN(C(C)c2ccc(F)cc2)C1=O. The Morgan fingerprint density at radius 2 is 2.00 bits per heavy atom. The Morgan fingerprint density at radius 1 is 1.37 bits per heavy atom. The summed E-state index contributed by atoms with van der Waals surface area (Å²) in [7, 11) is 0. The first-order valence-electron chi connectivity index (χ1n) is 6.38. The van der Waals surface area contributed by atoms with Crippen LogP contribution in [0.3, 0.4) is 0 Å². The van der Waals surface area contributed by atoms with Gasteiger partial charge < -0.3 is 10.2 Å². The molecule has 1 heterocycles. The highest BCUT2D eigenvalue weighted by molar-refractivity contribution is 5.95. The van der Waals surface area contributed by atoms with Gasteiger partial charge in [-0.1, -0.05) is 19.1 Å². The summed E-state index contributed by atoms with van der Waals surface area (Å²) in [4.78, 5) is 25.4. The molecule has 0 bridgehead atoms. The van der Waals surface area contributed by atoms with Crippen LogP contribution in [0.4, 0.5) is 4.39 Å². The molecule has 2 unspecified atom stereocenters. The van der Waals surface area contributed by atoms with E-state index in [1.54, 1.807) is 17.0 Å². The van der Waals surface area contributed by atoms with Crippen molar-refractivity contribution >= 4 is 11.8 Å². The number of nitrogens with one attached hydrogen (secondary N) is 1. The number of carbonyl (C=O) groups excluding carboxylic acids is 2. The van der Waals surface area contributed by atoms with E-state index in [9.17, 15) is 14.0 Å². The van der Waals surface area contributed by atoms with Gasteiger partial charge in [-0.05, 0) is 31.0 Å². The zero-order chi connectivity index (χ0) is 14.0. The highest BCUT2D eigenvalue weighted by Gasteiger charge is 2.34. The summed E-state index contributed by atoms with van der Waals surface area (Å²) < 4.78 is 12.9. The van der Waals surface area contributed by atoms with Crippen molar-refractivity contribution in [3.05, 3.63) is 35.6 Å². The van der Waals surface area contributed by atoms with Crippen molar-refractivity contribution in [3.63, 3.8) is 0 Å². The molecule has 1 aromatic carbocycles. The van der Waals surface area contributed by atoms with E-state index in [1.807, 2.05) is 13.8 Å². The fraction of sp³-hybridized carbons (Fsp3) is 0.429. The topological polar surface area (TPSA) is 49.4 Å². The van der Waals surface area contributed by atoms with Crippen LogP contribution in [0.15, 0.2) is 24.3 Å². The second-order valence-corrected chi connectivity index (χ2v) is 4.72. The van der Waals surface area contributed by atoms with Crippen LogP contribution in [0.2, 0.25) is 0 Å². The quantitative estimate of drug-likeness (QED) is 0.902. The first kappa shape index (κ1) is 13.5. The lowest BCUT2D eigenvalue weighted by molar-refractivity contribution is -0.146. The van der Waals surface area contributed by atoms with Crippen molar-refractivity contribution in [2.75, 3.05) is 6.54 Å². The Labute approximate surface area is 111 Å². The van der Waals surface area contributed by atoms with Gasteiger partial charge in [0, 0.05) is 0 Å². The van der Waals surface area contributed by atoms with Gasteiger partial charge in [0.05, 0.1) is 6.04 Å². The third-order valence-electron chi connectivity index (χ3n) is 3.46. The molecule has 1 aliphatic heterocycles. The number of benzene rings is 1. The summed E-state index contributed by atoms with van der Waals surface area (Å²) in [6, 6.07) is 5.30. The summed E-state index contributed by atoms with van der Waals surface area (Å²) in [6.45, 7) is 3.75. The molecular weight excluding hydrogens is 247 g/mol. The number of nitrogens with zero attached hydrogens (tertiary/aromatic N) is 1. The van der Waals surface area contributed by atoms with Crippen LogP contribution >= 0.6 is 0 Å². The number of amides is 2.